The Labute approximate surface area is 158 Å². The van der Waals surface area contributed by atoms with Crippen LogP contribution >= 0.6 is 0 Å². The Kier molecular flexibility index (Phi) is 5.07. The number of hydrogen-bond donors (Lipinski definition) is 0. The van der Waals surface area contributed by atoms with Crippen LogP contribution < -0.4 is 9.47 Å². The van der Waals surface area contributed by atoms with E-state index in [0.717, 1.165) is 49.5 Å². The summed E-state index contributed by atoms with van der Waals surface area (Å²) in [5, 5.41) is 8.35. The highest BCUT2D eigenvalue weighted by atomic mass is 16.5. The van der Waals surface area contributed by atoms with Gasteiger partial charge in [0.25, 0.3) is 0 Å². The van der Waals surface area contributed by atoms with Crippen LogP contribution in [0, 0.1) is 0 Å². The summed E-state index contributed by atoms with van der Waals surface area (Å²) in [4.78, 5) is 2.40. The van der Waals surface area contributed by atoms with Gasteiger partial charge in [-0.25, -0.2) is 0 Å². The average molecular weight is 365 g/mol. The molecule has 0 spiro atoms. The minimum absolute atomic E-state index is 0.575. The van der Waals surface area contributed by atoms with E-state index in [-0.39, 0.29) is 0 Å². The second-order valence-electron chi connectivity index (χ2n) is 6.62. The van der Waals surface area contributed by atoms with Crippen molar-refractivity contribution in [2.45, 2.75) is 19.4 Å². The Morgan fingerprint density at radius 3 is 2.48 bits per heavy atom. The van der Waals surface area contributed by atoms with E-state index in [1.54, 1.807) is 14.2 Å². The number of ether oxygens (including phenoxy) is 2. The molecule has 140 valence electrons. The van der Waals surface area contributed by atoms with Crippen LogP contribution in [0.5, 0.6) is 11.5 Å². The molecule has 4 rings (SSSR count). The van der Waals surface area contributed by atoms with Crippen LogP contribution in [0.1, 0.15) is 17.0 Å². The number of benzene rings is 2. The van der Waals surface area contributed by atoms with Crippen LogP contribution in [0.15, 0.2) is 46.9 Å². The highest BCUT2D eigenvalue weighted by Crippen LogP contribution is 2.33. The maximum Gasteiger partial charge on any atom is 0.247 e. The summed E-state index contributed by atoms with van der Waals surface area (Å²) in [6.45, 7) is 2.77. The molecule has 0 saturated carbocycles. The van der Waals surface area contributed by atoms with E-state index >= 15 is 0 Å². The van der Waals surface area contributed by atoms with Gasteiger partial charge in [-0.05, 0) is 41.8 Å². The van der Waals surface area contributed by atoms with Crippen LogP contribution in [-0.2, 0) is 19.4 Å². The molecule has 0 saturated heterocycles. The second kappa shape index (κ2) is 7.80. The van der Waals surface area contributed by atoms with Crippen molar-refractivity contribution in [1.82, 2.24) is 15.1 Å². The van der Waals surface area contributed by atoms with Gasteiger partial charge in [0.2, 0.25) is 11.8 Å². The standard InChI is InChI=1S/C21H23N3O3/c1-25-18-12-16-8-10-24(14-17(16)13-19(18)26-2)11-9-20-22-23-21(27-20)15-6-4-3-5-7-15/h3-7,12-13H,8-11,14H2,1-2H3. The fourth-order valence-corrected chi connectivity index (χ4v) is 3.44. The van der Waals surface area contributed by atoms with Gasteiger partial charge in [0, 0.05) is 31.6 Å². The summed E-state index contributed by atoms with van der Waals surface area (Å²) in [6, 6.07) is 14.0. The van der Waals surface area contributed by atoms with Gasteiger partial charge in [-0.1, -0.05) is 18.2 Å². The topological polar surface area (TPSA) is 60.6 Å². The molecule has 0 aliphatic carbocycles. The first-order valence-corrected chi connectivity index (χ1v) is 9.10. The van der Waals surface area contributed by atoms with Crippen molar-refractivity contribution < 1.29 is 13.9 Å². The Bertz CT molecular complexity index is 908. The minimum Gasteiger partial charge on any atom is -0.493 e. The van der Waals surface area contributed by atoms with Gasteiger partial charge in [-0.3, -0.25) is 4.90 Å². The van der Waals surface area contributed by atoms with Crippen LogP contribution in [0.25, 0.3) is 11.5 Å². The quantitative estimate of drug-likeness (QED) is 0.668. The average Bonchev–Trinajstić information content (AvgIpc) is 3.20. The summed E-state index contributed by atoms with van der Waals surface area (Å²) < 4.78 is 16.7. The second-order valence-corrected chi connectivity index (χ2v) is 6.62. The molecular formula is C21H23N3O3. The lowest BCUT2D eigenvalue weighted by atomic mass is 9.98. The molecule has 6 nitrogen and oxygen atoms in total. The number of fused-ring (bicyclic) bond motifs is 1. The van der Waals surface area contributed by atoms with E-state index < -0.39 is 0 Å². The van der Waals surface area contributed by atoms with Crippen molar-refractivity contribution in [1.29, 1.82) is 0 Å². The van der Waals surface area contributed by atoms with E-state index in [1.807, 2.05) is 30.3 Å². The summed E-state index contributed by atoms with van der Waals surface area (Å²) in [7, 11) is 3.35. The smallest absolute Gasteiger partial charge is 0.247 e. The minimum atomic E-state index is 0.575. The molecule has 2 heterocycles. The summed E-state index contributed by atoms with van der Waals surface area (Å²) in [5.41, 5.74) is 3.56. The first-order valence-electron chi connectivity index (χ1n) is 9.10. The fourth-order valence-electron chi connectivity index (χ4n) is 3.44. The molecule has 1 aliphatic heterocycles. The zero-order valence-corrected chi connectivity index (χ0v) is 15.6. The molecule has 0 fully saturated rings. The van der Waals surface area contributed by atoms with Gasteiger partial charge >= 0.3 is 0 Å². The van der Waals surface area contributed by atoms with Gasteiger partial charge in [-0.15, -0.1) is 10.2 Å². The molecule has 3 aromatic rings. The van der Waals surface area contributed by atoms with E-state index in [0.29, 0.717) is 11.8 Å². The van der Waals surface area contributed by atoms with Gasteiger partial charge < -0.3 is 13.9 Å². The van der Waals surface area contributed by atoms with E-state index in [2.05, 4.69) is 27.2 Å². The number of hydrogen-bond acceptors (Lipinski definition) is 6. The van der Waals surface area contributed by atoms with Crippen molar-refractivity contribution in [2.75, 3.05) is 27.3 Å². The Hall–Kier alpha value is -2.86. The molecule has 2 aromatic carbocycles. The lowest BCUT2D eigenvalue weighted by molar-refractivity contribution is 0.249. The van der Waals surface area contributed by atoms with Gasteiger partial charge in [0.1, 0.15) is 0 Å². The molecule has 6 heteroatoms. The van der Waals surface area contributed by atoms with E-state index in [1.165, 1.54) is 11.1 Å². The maximum atomic E-state index is 5.81. The Morgan fingerprint density at radius 1 is 1.00 bits per heavy atom. The van der Waals surface area contributed by atoms with Crippen LogP contribution in [0.3, 0.4) is 0 Å². The maximum absolute atomic E-state index is 5.81. The van der Waals surface area contributed by atoms with Crippen molar-refractivity contribution in [3.63, 3.8) is 0 Å². The summed E-state index contributed by atoms with van der Waals surface area (Å²) in [5.74, 6) is 2.82. The number of aromatic nitrogens is 2. The number of methoxy groups -OCH3 is 2. The molecule has 1 aliphatic rings. The van der Waals surface area contributed by atoms with E-state index in [4.69, 9.17) is 13.9 Å². The van der Waals surface area contributed by atoms with Crippen molar-refractivity contribution in [3.8, 4) is 23.0 Å². The largest absolute Gasteiger partial charge is 0.493 e. The van der Waals surface area contributed by atoms with Crippen LogP contribution in [-0.4, -0.2) is 42.4 Å². The summed E-state index contributed by atoms with van der Waals surface area (Å²) >= 11 is 0. The molecule has 1 aromatic heterocycles. The van der Waals surface area contributed by atoms with Gasteiger partial charge in [0.05, 0.1) is 14.2 Å². The Morgan fingerprint density at radius 2 is 1.74 bits per heavy atom. The molecule has 0 unspecified atom stereocenters. The third kappa shape index (κ3) is 3.80. The molecule has 0 bridgehead atoms. The zero-order valence-electron chi connectivity index (χ0n) is 15.6. The van der Waals surface area contributed by atoms with Crippen molar-refractivity contribution in [3.05, 3.63) is 59.5 Å². The fraction of sp³-hybridized carbons (Fsp3) is 0.333. The Balaban J connectivity index is 1.40. The predicted molar refractivity (Wildman–Crippen MR) is 102 cm³/mol. The van der Waals surface area contributed by atoms with E-state index in [9.17, 15) is 0 Å². The third-order valence-corrected chi connectivity index (χ3v) is 4.93. The lowest BCUT2D eigenvalue weighted by Crippen LogP contribution is -2.32. The van der Waals surface area contributed by atoms with Crippen LogP contribution in [0.2, 0.25) is 0 Å². The SMILES string of the molecule is COc1cc2c(cc1OC)CN(CCc1nnc(-c3ccccc3)o1)CC2. The predicted octanol–water partition coefficient (Wildman–Crippen LogP) is 3.35. The van der Waals surface area contributed by atoms with Gasteiger partial charge in [-0.2, -0.15) is 0 Å². The summed E-state index contributed by atoms with van der Waals surface area (Å²) in [6.07, 6.45) is 1.73. The highest BCUT2D eigenvalue weighted by Gasteiger charge is 2.20. The molecule has 0 radical (unpaired) electrons. The monoisotopic (exact) mass is 365 g/mol. The third-order valence-electron chi connectivity index (χ3n) is 4.93. The lowest BCUT2D eigenvalue weighted by Gasteiger charge is -2.29. The number of rotatable bonds is 6. The number of nitrogens with zero attached hydrogens (tertiary/aromatic N) is 3. The van der Waals surface area contributed by atoms with Gasteiger partial charge in [0.15, 0.2) is 11.5 Å². The molecule has 0 N–H and O–H groups in total. The van der Waals surface area contributed by atoms with Crippen molar-refractivity contribution >= 4 is 0 Å². The van der Waals surface area contributed by atoms with Crippen molar-refractivity contribution in [2.24, 2.45) is 0 Å². The zero-order chi connectivity index (χ0) is 18.6. The molecule has 27 heavy (non-hydrogen) atoms. The highest BCUT2D eigenvalue weighted by molar-refractivity contribution is 5.51. The molecule has 0 amide bonds. The first-order chi connectivity index (χ1) is 13.3. The molecule has 0 atom stereocenters. The molecular weight excluding hydrogens is 342 g/mol. The van der Waals surface area contributed by atoms with Crippen LogP contribution in [0.4, 0.5) is 0 Å². The first kappa shape index (κ1) is 17.5. The normalized spacial score (nSPS) is 14.0.